The Kier molecular flexibility index (Phi) is 3.72. The molecule has 1 aliphatic heterocycles. The topological polar surface area (TPSA) is 63.7 Å². The highest BCUT2D eigenvalue weighted by Gasteiger charge is 2.67. The molecule has 0 radical (unpaired) electrons. The molecule has 3 aliphatic carbocycles. The number of alkyl halides is 1. The monoisotopic (exact) mass is 357 g/mol. The van der Waals surface area contributed by atoms with Gasteiger partial charge in [0.2, 0.25) is 0 Å². The summed E-state index contributed by atoms with van der Waals surface area (Å²) < 4.78 is 0. The summed E-state index contributed by atoms with van der Waals surface area (Å²) >= 11 is 3.29. The van der Waals surface area contributed by atoms with Gasteiger partial charge in [-0.2, -0.15) is 5.06 Å². The maximum absolute atomic E-state index is 12.6. The van der Waals surface area contributed by atoms with Crippen LogP contribution < -0.4 is 0 Å². The molecule has 0 aromatic heterocycles. The van der Waals surface area contributed by atoms with Crippen LogP contribution in [0.15, 0.2) is 0 Å². The second kappa shape index (κ2) is 5.16. The van der Waals surface area contributed by atoms with Crippen LogP contribution in [0.4, 0.5) is 0 Å². The molecule has 3 unspecified atom stereocenters. The molecule has 1 heterocycles. The molecule has 0 spiro atoms. The van der Waals surface area contributed by atoms with Gasteiger partial charge in [0.05, 0.1) is 18.4 Å². The van der Waals surface area contributed by atoms with Gasteiger partial charge < -0.3 is 0 Å². The van der Waals surface area contributed by atoms with E-state index in [1.165, 1.54) is 0 Å². The Morgan fingerprint density at radius 3 is 2.62 bits per heavy atom. The maximum Gasteiger partial charge on any atom is 0.258 e. The molecule has 0 aromatic carbocycles. The molecule has 4 aliphatic rings. The Balaban J connectivity index is 1.90. The number of amides is 2. The Hall–Kier alpha value is -0.750. The Bertz CT molecular complexity index is 508. The predicted molar refractivity (Wildman–Crippen MR) is 78.2 cm³/mol. The van der Waals surface area contributed by atoms with E-state index in [0.717, 1.165) is 23.2 Å². The molecular weight excluding hydrogens is 338 g/mol. The summed E-state index contributed by atoms with van der Waals surface area (Å²) in [5, 5.41) is 1.70. The zero-order chi connectivity index (χ0) is 15.4. The SMILES string of the molecule is CC1C[C@]2(C)CC(=O)[C@H]1C1C(=O)N(OCCCBr)C(=O)C12. The van der Waals surface area contributed by atoms with Gasteiger partial charge in [-0.1, -0.05) is 29.8 Å². The summed E-state index contributed by atoms with van der Waals surface area (Å²) in [4.78, 5) is 42.9. The number of hydroxylamine groups is 2. The first kappa shape index (κ1) is 15.2. The number of carbonyl (C=O) groups excluding carboxylic acids is 3. The molecule has 4 fully saturated rings. The van der Waals surface area contributed by atoms with Gasteiger partial charge in [-0.3, -0.25) is 19.2 Å². The largest absolute Gasteiger partial charge is 0.299 e. The van der Waals surface area contributed by atoms with Crippen LogP contribution in [0, 0.1) is 29.1 Å². The molecule has 5 nitrogen and oxygen atoms in total. The molecule has 1 saturated heterocycles. The first-order valence-corrected chi connectivity index (χ1v) is 8.62. The van der Waals surface area contributed by atoms with Crippen LogP contribution in [0.2, 0.25) is 0 Å². The lowest BCUT2D eigenvalue weighted by atomic mass is 9.48. The minimum absolute atomic E-state index is 0.140. The predicted octanol–water partition coefficient (Wildman–Crippen LogP) is 1.94. The number of imide groups is 1. The normalized spacial score (nSPS) is 41.9. The van der Waals surface area contributed by atoms with E-state index in [-0.39, 0.29) is 35.4 Å². The fourth-order valence-corrected chi connectivity index (χ4v) is 4.88. The van der Waals surface area contributed by atoms with E-state index in [1.807, 2.05) is 13.8 Å². The van der Waals surface area contributed by atoms with Crippen LogP contribution in [0.25, 0.3) is 0 Å². The third-order valence-electron chi connectivity index (χ3n) is 5.30. The van der Waals surface area contributed by atoms with E-state index in [2.05, 4.69) is 15.9 Å². The van der Waals surface area contributed by atoms with E-state index in [0.29, 0.717) is 13.0 Å². The summed E-state index contributed by atoms with van der Waals surface area (Å²) in [7, 11) is 0. The van der Waals surface area contributed by atoms with Gasteiger partial charge in [0.25, 0.3) is 11.8 Å². The molecule has 0 N–H and O–H groups in total. The quantitative estimate of drug-likeness (QED) is 0.438. The second-order valence-electron chi connectivity index (χ2n) is 6.85. The summed E-state index contributed by atoms with van der Waals surface area (Å²) in [6.07, 6.45) is 1.97. The van der Waals surface area contributed by atoms with Crippen molar-refractivity contribution < 1.29 is 19.2 Å². The van der Waals surface area contributed by atoms with Crippen molar-refractivity contribution in [1.29, 1.82) is 0 Å². The Morgan fingerprint density at radius 1 is 1.29 bits per heavy atom. The van der Waals surface area contributed by atoms with Gasteiger partial charge >= 0.3 is 0 Å². The number of carbonyl (C=O) groups is 3. The highest BCUT2D eigenvalue weighted by molar-refractivity contribution is 9.09. The number of nitrogens with zero attached hydrogens (tertiary/aromatic N) is 1. The second-order valence-corrected chi connectivity index (χ2v) is 7.65. The van der Waals surface area contributed by atoms with Crippen LogP contribution >= 0.6 is 15.9 Å². The minimum atomic E-state index is -0.503. The number of rotatable bonds is 4. The molecule has 5 atom stereocenters. The number of fused-ring (bicyclic) bond motifs is 2. The van der Waals surface area contributed by atoms with Crippen LogP contribution in [-0.2, 0) is 19.2 Å². The highest BCUT2D eigenvalue weighted by Crippen LogP contribution is 2.60. The first-order valence-electron chi connectivity index (χ1n) is 7.50. The molecule has 3 saturated carbocycles. The number of halogens is 1. The molecular formula is C15H20BrNO4. The zero-order valence-corrected chi connectivity index (χ0v) is 13.9. The summed E-state index contributed by atoms with van der Waals surface area (Å²) in [5.74, 6) is -1.44. The fraction of sp³-hybridized carbons (Fsp3) is 0.800. The van der Waals surface area contributed by atoms with Gasteiger partial charge in [-0.25, -0.2) is 0 Å². The van der Waals surface area contributed by atoms with E-state index >= 15 is 0 Å². The van der Waals surface area contributed by atoms with E-state index in [1.54, 1.807) is 0 Å². The van der Waals surface area contributed by atoms with Crippen molar-refractivity contribution in [2.24, 2.45) is 29.1 Å². The lowest BCUT2D eigenvalue weighted by molar-refractivity contribution is -0.189. The van der Waals surface area contributed by atoms with Crippen molar-refractivity contribution in [1.82, 2.24) is 5.06 Å². The third kappa shape index (κ3) is 2.10. The van der Waals surface area contributed by atoms with Crippen LogP contribution in [0.5, 0.6) is 0 Å². The summed E-state index contributed by atoms with van der Waals surface area (Å²) in [6, 6.07) is 0. The zero-order valence-electron chi connectivity index (χ0n) is 12.3. The van der Waals surface area contributed by atoms with Crippen molar-refractivity contribution in [2.45, 2.75) is 33.1 Å². The molecule has 2 amide bonds. The molecule has 116 valence electrons. The van der Waals surface area contributed by atoms with Crippen LogP contribution in [0.1, 0.15) is 33.1 Å². The average molecular weight is 358 g/mol. The average Bonchev–Trinajstić information content (AvgIpc) is 2.64. The summed E-state index contributed by atoms with van der Waals surface area (Å²) in [5.41, 5.74) is -0.393. The first-order chi connectivity index (χ1) is 9.90. The molecule has 0 aromatic rings. The maximum atomic E-state index is 12.6. The lowest BCUT2D eigenvalue weighted by Gasteiger charge is -2.52. The minimum Gasteiger partial charge on any atom is -0.299 e. The third-order valence-corrected chi connectivity index (χ3v) is 5.86. The van der Waals surface area contributed by atoms with Gasteiger partial charge in [0.15, 0.2) is 0 Å². The van der Waals surface area contributed by atoms with Gasteiger partial charge in [-0.05, 0) is 24.2 Å². The Labute approximate surface area is 132 Å². The van der Waals surface area contributed by atoms with Crippen molar-refractivity contribution in [3.63, 3.8) is 0 Å². The lowest BCUT2D eigenvalue weighted by Crippen LogP contribution is -2.56. The number of hydrogen-bond acceptors (Lipinski definition) is 4. The van der Waals surface area contributed by atoms with E-state index < -0.39 is 11.3 Å². The fourth-order valence-electron chi connectivity index (χ4n) is 4.66. The van der Waals surface area contributed by atoms with Crippen LogP contribution in [-0.4, -0.2) is 34.6 Å². The summed E-state index contributed by atoms with van der Waals surface area (Å²) in [6.45, 7) is 4.32. The standard InChI is InChI=1S/C15H20BrNO4/c1-8-6-15(2)7-9(18)10(8)11-12(15)14(20)17(13(11)19)21-5-3-4-16/h8,10-12H,3-7H2,1-2H3/t8?,10-,11?,12?,15+/m0/s1. The number of hydrogen-bond donors (Lipinski definition) is 0. The van der Waals surface area contributed by atoms with E-state index in [4.69, 9.17) is 4.84 Å². The van der Waals surface area contributed by atoms with Gasteiger partial charge in [-0.15, -0.1) is 0 Å². The number of ketones is 1. The van der Waals surface area contributed by atoms with Crippen molar-refractivity contribution >= 4 is 33.5 Å². The van der Waals surface area contributed by atoms with Crippen molar-refractivity contribution in [2.75, 3.05) is 11.9 Å². The number of Topliss-reactive ketones (excluding diaryl/α,β-unsaturated/α-hetero) is 1. The van der Waals surface area contributed by atoms with Gasteiger partial charge in [0.1, 0.15) is 5.78 Å². The Morgan fingerprint density at radius 2 is 2.00 bits per heavy atom. The molecule has 2 bridgehead atoms. The molecule has 4 rings (SSSR count). The molecule has 21 heavy (non-hydrogen) atoms. The van der Waals surface area contributed by atoms with E-state index in [9.17, 15) is 14.4 Å². The smallest absolute Gasteiger partial charge is 0.258 e. The van der Waals surface area contributed by atoms with Crippen molar-refractivity contribution in [3.8, 4) is 0 Å². The molecule has 6 heteroatoms. The van der Waals surface area contributed by atoms with Crippen LogP contribution in [0.3, 0.4) is 0 Å². The van der Waals surface area contributed by atoms with Gasteiger partial charge in [0, 0.05) is 17.7 Å². The highest BCUT2D eigenvalue weighted by atomic mass is 79.9. The van der Waals surface area contributed by atoms with Crippen molar-refractivity contribution in [3.05, 3.63) is 0 Å².